The molecule has 5 heteroatoms. The molecule has 22 heavy (non-hydrogen) atoms. The van der Waals surface area contributed by atoms with Crippen LogP contribution < -0.4 is 5.73 Å². The molecule has 1 fully saturated rings. The van der Waals surface area contributed by atoms with Crippen molar-refractivity contribution in [2.75, 3.05) is 0 Å². The Kier molecular flexibility index (Phi) is 5.52. The third kappa shape index (κ3) is 3.84. The number of aromatic nitrogens is 1. The molecule has 0 aliphatic heterocycles. The van der Waals surface area contributed by atoms with Gasteiger partial charge in [-0.3, -0.25) is 9.78 Å². The van der Waals surface area contributed by atoms with Gasteiger partial charge < -0.3 is 10.6 Å². The number of carbonyl (C=O) groups is 1. The average molecular weight is 318 g/mol. The van der Waals surface area contributed by atoms with Gasteiger partial charge in [-0.1, -0.05) is 18.2 Å². The van der Waals surface area contributed by atoms with Gasteiger partial charge in [0.2, 0.25) is 0 Å². The summed E-state index contributed by atoms with van der Waals surface area (Å²) in [4.78, 5) is 18.8. The minimum atomic E-state index is 0. The second-order valence-corrected chi connectivity index (χ2v) is 5.43. The maximum Gasteiger partial charge on any atom is 0.254 e. The number of amides is 1. The topological polar surface area (TPSA) is 59.2 Å². The molecule has 0 atom stereocenters. The highest BCUT2D eigenvalue weighted by Gasteiger charge is 2.33. The van der Waals surface area contributed by atoms with E-state index in [2.05, 4.69) is 4.98 Å². The smallest absolute Gasteiger partial charge is 0.254 e. The summed E-state index contributed by atoms with van der Waals surface area (Å²) in [6.07, 6.45) is 5.75. The second kappa shape index (κ2) is 7.38. The molecule has 1 aliphatic carbocycles. The Bertz CT molecular complexity index is 612. The number of nitrogens with zero attached hydrogens (tertiary/aromatic N) is 2. The first-order valence-corrected chi connectivity index (χ1v) is 7.27. The van der Waals surface area contributed by atoms with E-state index in [0.29, 0.717) is 19.1 Å². The highest BCUT2D eigenvalue weighted by atomic mass is 35.5. The Balaban J connectivity index is 0.00000176. The Morgan fingerprint density at radius 2 is 1.91 bits per heavy atom. The van der Waals surface area contributed by atoms with Gasteiger partial charge in [0.05, 0.1) is 0 Å². The summed E-state index contributed by atoms with van der Waals surface area (Å²) in [7, 11) is 0. The van der Waals surface area contributed by atoms with Crippen molar-refractivity contribution in [3.05, 3.63) is 65.5 Å². The number of halogens is 1. The molecular weight excluding hydrogens is 298 g/mol. The molecule has 0 radical (unpaired) electrons. The summed E-state index contributed by atoms with van der Waals surface area (Å²) in [5.41, 5.74) is 8.42. The maximum absolute atomic E-state index is 12.7. The molecule has 2 N–H and O–H groups in total. The molecule has 1 saturated carbocycles. The van der Waals surface area contributed by atoms with Crippen LogP contribution in [0.3, 0.4) is 0 Å². The average Bonchev–Trinajstić information content (AvgIpc) is 3.38. The predicted octanol–water partition coefficient (Wildman–Crippen LogP) is 2.77. The highest BCUT2D eigenvalue weighted by molar-refractivity contribution is 5.94. The molecular formula is C17H20ClN3O. The summed E-state index contributed by atoms with van der Waals surface area (Å²) < 4.78 is 0. The number of hydrogen-bond donors (Lipinski definition) is 1. The standard InChI is InChI=1S/C17H19N3O.ClH/c18-10-13-3-5-15(6-4-13)17(21)20(16-7-8-16)12-14-2-1-9-19-11-14;/h1-6,9,11,16H,7-8,10,12,18H2;1H. The molecule has 0 saturated heterocycles. The highest BCUT2D eigenvalue weighted by Crippen LogP contribution is 2.29. The molecule has 0 bridgehead atoms. The number of pyridine rings is 1. The molecule has 1 aliphatic rings. The first kappa shape index (κ1) is 16.5. The second-order valence-electron chi connectivity index (χ2n) is 5.43. The zero-order valence-electron chi connectivity index (χ0n) is 12.3. The third-order valence-electron chi connectivity index (χ3n) is 3.76. The molecule has 1 aromatic carbocycles. The fourth-order valence-electron chi connectivity index (χ4n) is 2.39. The van der Waals surface area contributed by atoms with E-state index < -0.39 is 0 Å². The van der Waals surface area contributed by atoms with Crippen molar-refractivity contribution in [1.29, 1.82) is 0 Å². The van der Waals surface area contributed by atoms with E-state index in [1.807, 2.05) is 47.5 Å². The van der Waals surface area contributed by atoms with Gasteiger partial charge in [-0.25, -0.2) is 0 Å². The molecule has 2 aromatic rings. The van der Waals surface area contributed by atoms with Crippen molar-refractivity contribution in [3.8, 4) is 0 Å². The van der Waals surface area contributed by atoms with Crippen molar-refractivity contribution < 1.29 is 4.79 Å². The lowest BCUT2D eigenvalue weighted by atomic mass is 10.1. The number of hydrogen-bond acceptors (Lipinski definition) is 3. The van der Waals surface area contributed by atoms with E-state index in [4.69, 9.17) is 5.73 Å². The largest absolute Gasteiger partial charge is 0.331 e. The van der Waals surface area contributed by atoms with Crippen molar-refractivity contribution in [2.24, 2.45) is 5.73 Å². The lowest BCUT2D eigenvalue weighted by Gasteiger charge is -2.22. The molecule has 116 valence electrons. The minimum absolute atomic E-state index is 0. The number of nitrogens with two attached hydrogens (primary N) is 1. The molecule has 4 nitrogen and oxygen atoms in total. The first-order valence-electron chi connectivity index (χ1n) is 7.27. The van der Waals surface area contributed by atoms with Crippen LogP contribution in [0.5, 0.6) is 0 Å². The van der Waals surface area contributed by atoms with E-state index in [1.165, 1.54) is 0 Å². The molecule has 1 amide bonds. The van der Waals surface area contributed by atoms with E-state index in [1.54, 1.807) is 6.20 Å². The van der Waals surface area contributed by atoms with Crippen LogP contribution in [0.25, 0.3) is 0 Å². The Hall–Kier alpha value is -1.91. The van der Waals surface area contributed by atoms with E-state index in [-0.39, 0.29) is 18.3 Å². The summed E-state index contributed by atoms with van der Waals surface area (Å²) in [5, 5.41) is 0. The van der Waals surface area contributed by atoms with Gasteiger partial charge in [0.25, 0.3) is 5.91 Å². The molecule has 1 aromatic heterocycles. The van der Waals surface area contributed by atoms with Crippen LogP contribution in [0, 0.1) is 0 Å². The molecule has 0 spiro atoms. The molecule has 0 unspecified atom stereocenters. The summed E-state index contributed by atoms with van der Waals surface area (Å²) in [5.74, 6) is 0.0879. The van der Waals surface area contributed by atoms with Gasteiger partial charge in [-0.2, -0.15) is 0 Å². The van der Waals surface area contributed by atoms with E-state index in [0.717, 1.165) is 29.5 Å². The van der Waals surface area contributed by atoms with Crippen LogP contribution in [-0.2, 0) is 13.1 Å². The monoisotopic (exact) mass is 317 g/mol. The summed E-state index contributed by atoms with van der Waals surface area (Å²) >= 11 is 0. The van der Waals surface area contributed by atoms with Crippen molar-refractivity contribution in [2.45, 2.75) is 32.0 Å². The summed E-state index contributed by atoms with van der Waals surface area (Å²) in [6, 6.07) is 11.8. The number of carbonyl (C=O) groups excluding carboxylic acids is 1. The zero-order chi connectivity index (χ0) is 14.7. The van der Waals surface area contributed by atoms with Gasteiger partial charge in [0.1, 0.15) is 0 Å². The van der Waals surface area contributed by atoms with Crippen LogP contribution in [0.4, 0.5) is 0 Å². The van der Waals surface area contributed by atoms with Gasteiger partial charge in [0.15, 0.2) is 0 Å². The maximum atomic E-state index is 12.7. The number of rotatable bonds is 5. The Morgan fingerprint density at radius 3 is 2.45 bits per heavy atom. The van der Waals surface area contributed by atoms with Gasteiger partial charge in [-0.05, 0) is 42.2 Å². The summed E-state index contributed by atoms with van der Waals surface area (Å²) in [6.45, 7) is 1.12. The lowest BCUT2D eigenvalue weighted by molar-refractivity contribution is 0.0730. The van der Waals surface area contributed by atoms with Crippen LogP contribution in [0.1, 0.15) is 34.3 Å². The van der Waals surface area contributed by atoms with E-state index >= 15 is 0 Å². The van der Waals surface area contributed by atoms with Crippen LogP contribution >= 0.6 is 12.4 Å². The predicted molar refractivity (Wildman–Crippen MR) is 88.7 cm³/mol. The normalized spacial score (nSPS) is 13.3. The zero-order valence-corrected chi connectivity index (χ0v) is 13.1. The molecule has 1 heterocycles. The molecule has 3 rings (SSSR count). The van der Waals surface area contributed by atoms with Crippen molar-refractivity contribution >= 4 is 18.3 Å². The fraction of sp³-hybridized carbons (Fsp3) is 0.294. The fourth-order valence-corrected chi connectivity index (χ4v) is 2.39. The van der Waals surface area contributed by atoms with Gasteiger partial charge >= 0.3 is 0 Å². The Labute approximate surface area is 136 Å². The quantitative estimate of drug-likeness (QED) is 0.922. The van der Waals surface area contributed by atoms with E-state index in [9.17, 15) is 4.79 Å². The lowest BCUT2D eigenvalue weighted by Crippen LogP contribution is -2.32. The minimum Gasteiger partial charge on any atom is -0.331 e. The van der Waals surface area contributed by atoms with Crippen LogP contribution in [0.15, 0.2) is 48.8 Å². The SMILES string of the molecule is Cl.NCc1ccc(C(=O)N(Cc2cccnc2)C2CC2)cc1. The first-order chi connectivity index (χ1) is 10.3. The van der Waals surface area contributed by atoms with Crippen molar-refractivity contribution in [1.82, 2.24) is 9.88 Å². The third-order valence-corrected chi connectivity index (χ3v) is 3.76. The van der Waals surface area contributed by atoms with Crippen LogP contribution in [-0.4, -0.2) is 21.8 Å². The number of benzene rings is 1. The van der Waals surface area contributed by atoms with Crippen LogP contribution in [0.2, 0.25) is 0 Å². The van der Waals surface area contributed by atoms with Gasteiger partial charge in [-0.15, -0.1) is 12.4 Å². The Morgan fingerprint density at radius 1 is 1.18 bits per heavy atom. The van der Waals surface area contributed by atoms with Gasteiger partial charge in [0, 0.05) is 37.1 Å². The van der Waals surface area contributed by atoms with Crippen molar-refractivity contribution in [3.63, 3.8) is 0 Å².